The van der Waals surface area contributed by atoms with E-state index < -0.39 is 0 Å². The number of fused-ring (bicyclic) bond motifs is 1. The highest BCUT2D eigenvalue weighted by molar-refractivity contribution is 7.99. The number of amides is 1. The third-order valence-corrected chi connectivity index (χ3v) is 7.99. The van der Waals surface area contributed by atoms with Crippen molar-refractivity contribution in [1.82, 2.24) is 14.8 Å². The van der Waals surface area contributed by atoms with Crippen molar-refractivity contribution >= 4 is 34.0 Å². The predicted molar refractivity (Wildman–Crippen MR) is 135 cm³/mol. The maximum atomic E-state index is 12.7. The number of benzene rings is 1. The fourth-order valence-corrected chi connectivity index (χ4v) is 5.88. The Hall–Kier alpha value is -3.09. The molecular weight excluding hydrogens is 466 g/mol. The topological polar surface area (TPSA) is 92.8 Å². The first-order valence-corrected chi connectivity index (χ1v) is 13.0. The van der Waals surface area contributed by atoms with Crippen LogP contribution in [0.15, 0.2) is 36.0 Å². The zero-order valence-electron chi connectivity index (χ0n) is 19.4. The van der Waals surface area contributed by atoms with E-state index in [9.17, 15) is 10.1 Å². The molecule has 0 saturated heterocycles. The molecule has 0 atom stereocenters. The monoisotopic (exact) mass is 493 g/mol. The number of allylic oxidation sites excluding steroid dienone is 1. The molecule has 34 heavy (non-hydrogen) atoms. The van der Waals surface area contributed by atoms with Crippen molar-refractivity contribution in [2.24, 2.45) is 0 Å². The average Bonchev–Trinajstić information content (AvgIpc) is 3.38. The van der Waals surface area contributed by atoms with Crippen LogP contribution in [0.5, 0.6) is 5.75 Å². The summed E-state index contributed by atoms with van der Waals surface area (Å²) in [5.41, 5.74) is 4.11. The minimum atomic E-state index is -0.166. The molecule has 7 nitrogen and oxygen atoms in total. The summed E-state index contributed by atoms with van der Waals surface area (Å²) in [4.78, 5) is 13.9. The van der Waals surface area contributed by atoms with Crippen LogP contribution in [0.3, 0.4) is 0 Å². The molecule has 176 valence electrons. The fraction of sp³-hybridized carbons (Fsp3) is 0.360. The average molecular weight is 494 g/mol. The van der Waals surface area contributed by atoms with Crippen molar-refractivity contribution in [2.45, 2.75) is 57.8 Å². The second kappa shape index (κ2) is 10.9. The van der Waals surface area contributed by atoms with Crippen molar-refractivity contribution in [3.63, 3.8) is 0 Å². The summed E-state index contributed by atoms with van der Waals surface area (Å²) in [5, 5.41) is 22.4. The third-order valence-electron chi connectivity index (χ3n) is 5.82. The second-order valence-corrected chi connectivity index (χ2v) is 10.2. The Morgan fingerprint density at radius 2 is 2.15 bits per heavy atom. The molecule has 0 bridgehead atoms. The summed E-state index contributed by atoms with van der Waals surface area (Å²) < 4.78 is 7.82. The number of hydrogen-bond acceptors (Lipinski definition) is 7. The number of carbonyl (C=O) groups excluding carboxylic acids is 1. The molecule has 1 N–H and O–H groups in total. The molecule has 1 amide bonds. The number of carbonyl (C=O) groups is 1. The summed E-state index contributed by atoms with van der Waals surface area (Å²) >= 11 is 2.84. The minimum absolute atomic E-state index is 0.166. The highest BCUT2D eigenvalue weighted by Gasteiger charge is 2.22. The zero-order chi connectivity index (χ0) is 24.1. The van der Waals surface area contributed by atoms with Crippen molar-refractivity contribution < 1.29 is 9.53 Å². The number of thioether (sulfide) groups is 1. The van der Waals surface area contributed by atoms with Crippen LogP contribution in [0, 0.1) is 25.2 Å². The van der Waals surface area contributed by atoms with Crippen LogP contribution in [0.2, 0.25) is 0 Å². The van der Waals surface area contributed by atoms with Crippen LogP contribution in [-0.4, -0.2) is 26.4 Å². The van der Waals surface area contributed by atoms with E-state index >= 15 is 0 Å². The van der Waals surface area contributed by atoms with Gasteiger partial charge in [0.25, 0.3) is 0 Å². The lowest BCUT2D eigenvalue weighted by atomic mass is 9.96. The molecule has 0 aliphatic heterocycles. The lowest BCUT2D eigenvalue weighted by Crippen LogP contribution is -2.15. The van der Waals surface area contributed by atoms with Gasteiger partial charge in [0.05, 0.1) is 11.3 Å². The Bertz CT molecular complexity index is 1250. The van der Waals surface area contributed by atoms with E-state index in [1.807, 2.05) is 29.7 Å². The molecule has 1 aliphatic rings. The highest BCUT2D eigenvalue weighted by Crippen LogP contribution is 2.37. The number of aromatic nitrogens is 3. The summed E-state index contributed by atoms with van der Waals surface area (Å²) in [6.45, 7) is 8.71. The van der Waals surface area contributed by atoms with Crippen LogP contribution in [0.1, 0.15) is 45.8 Å². The maximum absolute atomic E-state index is 12.7. The molecule has 9 heteroatoms. The molecule has 2 aromatic heterocycles. The normalized spacial score (nSPS) is 12.6. The molecule has 1 aliphatic carbocycles. The molecule has 1 aromatic carbocycles. The molecule has 4 rings (SSSR count). The van der Waals surface area contributed by atoms with E-state index in [4.69, 9.17) is 4.74 Å². The van der Waals surface area contributed by atoms with Crippen LogP contribution < -0.4 is 10.1 Å². The minimum Gasteiger partial charge on any atom is -0.486 e. The lowest BCUT2D eigenvalue weighted by molar-refractivity contribution is -0.113. The van der Waals surface area contributed by atoms with E-state index in [1.165, 1.54) is 39.1 Å². The van der Waals surface area contributed by atoms with Gasteiger partial charge in [-0.3, -0.25) is 9.36 Å². The largest absolute Gasteiger partial charge is 0.486 e. The Kier molecular flexibility index (Phi) is 7.70. The molecule has 0 saturated carbocycles. The SMILES string of the molecule is C=CCn1c(COc2ccc(C)c(C)c2)nnc1SCC(=O)Nc1sc2c(c1C#N)CCCC2. The number of nitrogens with zero attached hydrogens (tertiary/aromatic N) is 4. The number of aryl methyl sites for hydroxylation is 3. The number of rotatable bonds is 9. The van der Waals surface area contributed by atoms with Gasteiger partial charge in [-0.15, -0.1) is 28.1 Å². The van der Waals surface area contributed by atoms with Crippen LogP contribution >= 0.6 is 23.1 Å². The highest BCUT2D eigenvalue weighted by atomic mass is 32.2. The predicted octanol–water partition coefficient (Wildman–Crippen LogP) is 5.20. The number of nitriles is 1. The van der Waals surface area contributed by atoms with Gasteiger partial charge in [-0.1, -0.05) is 23.9 Å². The molecule has 0 radical (unpaired) electrons. The van der Waals surface area contributed by atoms with Gasteiger partial charge in [0.2, 0.25) is 5.91 Å². The summed E-state index contributed by atoms with van der Waals surface area (Å²) in [6.07, 6.45) is 5.89. The molecule has 3 aromatic rings. The number of hydrogen-bond donors (Lipinski definition) is 1. The van der Waals surface area contributed by atoms with Crippen molar-refractivity contribution in [3.8, 4) is 11.8 Å². The van der Waals surface area contributed by atoms with Crippen molar-refractivity contribution in [2.75, 3.05) is 11.1 Å². The van der Waals surface area contributed by atoms with Gasteiger partial charge in [-0.05, 0) is 68.4 Å². The summed E-state index contributed by atoms with van der Waals surface area (Å²) in [7, 11) is 0. The number of anilines is 1. The van der Waals surface area contributed by atoms with E-state index in [2.05, 4.69) is 35.1 Å². The van der Waals surface area contributed by atoms with Gasteiger partial charge in [-0.25, -0.2) is 0 Å². The maximum Gasteiger partial charge on any atom is 0.235 e. The number of thiophene rings is 1. The summed E-state index contributed by atoms with van der Waals surface area (Å²) in [6, 6.07) is 8.25. The Morgan fingerprint density at radius 3 is 2.91 bits per heavy atom. The molecule has 2 heterocycles. The first-order chi connectivity index (χ1) is 16.5. The van der Waals surface area contributed by atoms with Crippen LogP contribution in [0.4, 0.5) is 5.00 Å². The van der Waals surface area contributed by atoms with Gasteiger partial charge in [0.15, 0.2) is 11.0 Å². The fourth-order valence-electron chi connectivity index (χ4n) is 3.86. The lowest BCUT2D eigenvalue weighted by Gasteiger charge is -2.10. The van der Waals surface area contributed by atoms with Crippen molar-refractivity contribution in [3.05, 3.63) is 63.8 Å². The zero-order valence-corrected chi connectivity index (χ0v) is 21.0. The van der Waals surface area contributed by atoms with Gasteiger partial charge >= 0.3 is 0 Å². The van der Waals surface area contributed by atoms with E-state index in [1.54, 1.807) is 6.08 Å². The van der Waals surface area contributed by atoms with E-state index in [0.29, 0.717) is 28.1 Å². The van der Waals surface area contributed by atoms with Crippen molar-refractivity contribution in [1.29, 1.82) is 5.26 Å². The Morgan fingerprint density at radius 1 is 1.32 bits per heavy atom. The van der Waals surface area contributed by atoms with Gasteiger partial charge in [0, 0.05) is 11.4 Å². The van der Waals surface area contributed by atoms with E-state index in [0.717, 1.165) is 37.0 Å². The molecule has 0 unspecified atom stereocenters. The third kappa shape index (κ3) is 5.34. The molecular formula is C25H27N5O2S2. The van der Waals surface area contributed by atoms with Gasteiger partial charge in [-0.2, -0.15) is 5.26 Å². The molecule has 0 spiro atoms. The summed E-state index contributed by atoms with van der Waals surface area (Å²) in [5.74, 6) is 1.44. The quantitative estimate of drug-likeness (QED) is 0.325. The number of nitrogens with one attached hydrogen (secondary N) is 1. The standard InChI is InChI=1S/C25H27N5O2S2/c1-4-11-30-22(14-32-18-10-9-16(2)17(3)12-18)28-29-25(30)33-15-23(31)27-24-20(13-26)19-7-5-6-8-21(19)34-24/h4,9-10,12H,1,5-8,11,14-15H2,2-3H3,(H,27,31). The first-order valence-electron chi connectivity index (χ1n) is 11.2. The Labute approximate surface area is 207 Å². The van der Waals surface area contributed by atoms with Gasteiger partial charge in [0.1, 0.15) is 23.4 Å². The van der Waals surface area contributed by atoms with Gasteiger partial charge < -0.3 is 10.1 Å². The van der Waals surface area contributed by atoms with E-state index in [-0.39, 0.29) is 18.3 Å². The van der Waals surface area contributed by atoms with Crippen LogP contribution in [0.25, 0.3) is 0 Å². The van der Waals surface area contributed by atoms with Crippen LogP contribution in [-0.2, 0) is 30.8 Å². The molecule has 0 fully saturated rings. The second-order valence-electron chi connectivity index (χ2n) is 8.20. The number of ether oxygens (including phenoxy) is 1. The smallest absolute Gasteiger partial charge is 0.235 e. The Balaban J connectivity index is 1.40. The first kappa shape index (κ1) is 24.0.